The van der Waals surface area contributed by atoms with Gasteiger partial charge in [-0.1, -0.05) is 188 Å². The summed E-state index contributed by atoms with van der Waals surface area (Å²) in [4.78, 5) is 29.6. The van der Waals surface area contributed by atoms with E-state index < -0.39 is 0 Å². The van der Waals surface area contributed by atoms with Gasteiger partial charge in [0, 0.05) is 33.4 Å². The highest BCUT2D eigenvalue weighted by Gasteiger charge is 2.15. The minimum Gasteiger partial charge on any atom is -0.208 e. The Kier molecular flexibility index (Phi) is 9.04. The van der Waals surface area contributed by atoms with Crippen molar-refractivity contribution in [3.8, 4) is 90.6 Å². The molecule has 0 aliphatic rings. The van der Waals surface area contributed by atoms with Gasteiger partial charge in [0.1, 0.15) is 0 Å². The molecule has 0 N–H and O–H groups in total. The standard InChI is InChI=1S/C49H34N6/c1-33-20-22-39(23-21-33)46-50-44(37-14-7-3-8-15-37)51-47(53-46)40-28-24-35(25-29-40)36-26-30-41(31-27-36)48-52-45(38-16-9-4-10-17-38)54-49(55-48)43-19-11-18-42(32-43)34-12-5-2-6-13-34/h2-32H,1H3. The lowest BCUT2D eigenvalue weighted by Gasteiger charge is -2.11. The summed E-state index contributed by atoms with van der Waals surface area (Å²) in [6.07, 6.45) is 0. The minimum absolute atomic E-state index is 0.615. The third-order valence-electron chi connectivity index (χ3n) is 9.49. The second-order valence-corrected chi connectivity index (χ2v) is 13.3. The average Bonchev–Trinajstić information content (AvgIpc) is 3.27. The smallest absolute Gasteiger partial charge is 0.164 e. The first kappa shape index (κ1) is 33.4. The first-order valence-electron chi connectivity index (χ1n) is 18.2. The molecule has 6 nitrogen and oxygen atoms in total. The first-order chi connectivity index (χ1) is 27.1. The summed E-state index contributed by atoms with van der Waals surface area (Å²) >= 11 is 0. The van der Waals surface area contributed by atoms with E-state index in [2.05, 4.69) is 116 Å². The predicted octanol–water partition coefficient (Wildman–Crippen LogP) is 11.7. The molecule has 7 aromatic carbocycles. The van der Waals surface area contributed by atoms with Crippen molar-refractivity contribution in [2.75, 3.05) is 0 Å². The van der Waals surface area contributed by atoms with Gasteiger partial charge in [0.05, 0.1) is 0 Å². The van der Waals surface area contributed by atoms with Crippen molar-refractivity contribution >= 4 is 0 Å². The van der Waals surface area contributed by atoms with Crippen LogP contribution in [-0.2, 0) is 0 Å². The van der Waals surface area contributed by atoms with Crippen LogP contribution >= 0.6 is 0 Å². The fourth-order valence-corrected chi connectivity index (χ4v) is 6.50. The van der Waals surface area contributed by atoms with E-state index in [0.717, 1.165) is 55.6 Å². The number of aromatic nitrogens is 6. The second-order valence-electron chi connectivity index (χ2n) is 13.3. The van der Waals surface area contributed by atoms with Gasteiger partial charge < -0.3 is 0 Å². The van der Waals surface area contributed by atoms with Crippen LogP contribution in [0.15, 0.2) is 188 Å². The summed E-state index contributed by atoms with van der Waals surface area (Å²) in [5.41, 5.74) is 11.2. The van der Waals surface area contributed by atoms with Crippen LogP contribution in [0.2, 0.25) is 0 Å². The molecule has 2 aromatic heterocycles. The lowest BCUT2D eigenvalue weighted by Crippen LogP contribution is -2.00. The molecule has 0 fully saturated rings. The van der Waals surface area contributed by atoms with Gasteiger partial charge in [-0.25, -0.2) is 29.9 Å². The summed E-state index contributed by atoms with van der Waals surface area (Å²) in [5, 5.41) is 0. The highest BCUT2D eigenvalue weighted by atomic mass is 15.0. The number of benzene rings is 7. The Hall–Kier alpha value is -7.44. The normalized spacial score (nSPS) is 11.0. The molecule has 9 rings (SSSR count). The molecule has 0 saturated carbocycles. The lowest BCUT2D eigenvalue weighted by molar-refractivity contribution is 1.07. The van der Waals surface area contributed by atoms with E-state index in [-0.39, 0.29) is 0 Å². The number of aryl methyl sites for hydroxylation is 1. The first-order valence-corrected chi connectivity index (χ1v) is 18.2. The van der Waals surface area contributed by atoms with Crippen molar-refractivity contribution in [2.45, 2.75) is 6.92 Å². The highest BCUT2D eigenvalue weighted by Crippen LogP contribution is 2.31. The molecule has 2 heterocycles. The van der Waals surface area contributed by atoms with Crippen molar-refractivity contribution in [2.24, 2.45) is 0 Å². The average molecular weight is 707 g/mol. The van der Waals surface area contributed by atoms with E-state index >= 15 is 0 Å². The zero-order chi connectivity index (χ0) is 37.0. The topological polar surface area (TPSA) is 77.3 Å². The fraction of sp³-hybridized carbons (Fsp3) is 0.0204. The van der Waals surface area contributed by atoms with Gasteiger partial charge >= 0.3 is 0 Å². The predicted molar refractivity (Wildman–Crippen MR) is 221 cm³/mol. The quantitative estimate of drug-likeness (QED) is 0.157. The van der Waals surface area contributed by atoms with Crippen LogP contribution in [0, 0.1) is 6.92 Å². The van der Waals surface area contributed by atoms with Crippen molar-refractivity contribution in [3.63, 3.8) is 0 Å². The molecule has 55 heavy (non-hydrogen) atoms. The highest BCUT2D eigenvalue weighted by molar-refractivity contribution is 5.75. The van der Waals surface area contributed by atoms with Crippen LogP contribution in [-0.4, -0.2) is 29.9 Å². The van der Waals surface area contributed by atoms with E-state index in [1.807, 2.05) is 78.9 Å². The molecule has 0 aliphatic carbocycles. The molecule has 0 aliphatic heterocycles. The number of rotatable bonds is 8. The number of hydrogen-bond donors (Lipinski definition) is 0. The van der Waals surface area contributed by atoms with Crippen LogP contribution in [0.1, 0.15) is 5.56 Å². The van der Waals surface area contributed by atoms with Crippen LogP contribution in [0.4, 0.5) is 0 Å². The van der Waals surface area contributed by atoms with Crippen LogP contribution in [0.25, 0.3) is 90.6 Å². The maximum absolute atomic E-state index is 5.00. The molecule has 0 saturated heterocycles. The van der Waals surface area contributed by atoms with E-state index in [0.29, 0.717) is 34.9 Å². The van der Waals surface area contributed by atoms with Gasteiger partial charge in [-0.05, 0) is 35.2 Å². The monoisotopic (exact) mass is 706 g/mol. The largest absolute Gasteiger partial charge is 0.208 e. The molecular weight excluding hydrogens is 673 g/mol. The summed E-state index contributed by atoms with van der Waals surface area (Å²) in [6, 6.07) is 63.8. The van der Waals surface area contributed by atoms with E-state index in [9.17, 15) is 0 Å². The van der Waals surface area contributed by atoms with Crippen molar-refractivity contribution in [1.82, 2.24) is 29.9 Å². The van der Waals surface area contributed by atoms with Gasteiger partial charge in [-0.15, -0.1) is 0 Å². The summed E-state index contributed by atoms with van der Waals surface area (Å²) in [7, 11) is 0. The molecule has 0 amide bonds. The summed E-state index contributed by atoms with van der Waals surface area (Å²) in [6.45, 7) is 2.07. The van der Waals surface area contributed by atoms with Crippen molar-refractivity contribution in [3.05, 3.63) is 194 Å². The zero-order valence-corrected chi connectivity index (χ0v) is 30.1. The maximum atomic E-state index is 5.00. The van der Waals surface area contributed by atoms with E-state index in [1.165, 1.54) is 5.56 Å². The lowest BCUT2D eigenvalue weighted by atomic mass is 10.0. The number of hydrogen-bond acceptors (Lipinski definition) is 6. The van der Waals surface area contributed by atoms with Crippen LogP contribution in [0.3, 0.4) is 0 Å². The zero-order valence-electron chi connectivity index (χ0n) is 30.1. The second kappa shape index (κ2) is 14.9. The SMILES string of the molecule is Cc1ccc(-c2nc(-c3ccccc3)nc(-c3ccc(-c4ccc(-c5nc(-c6ccccc6)nc(-c6cccc(-c7ccccc7)c6)n5)cc4)cc3)n2)cc1. The van der Waals surface area contributed by atoms with E-state index in [4.69, 9.17) is 29.9 Å². The molecule has 0 bridgehead atoms. The molecule has 9 aromatic rings. The molecule has 0 radical (unpaired) electrons. The molecule has 0 spiro atoms. The third-order valence-corrected chi connectivity index (χ3v) is 9.49. The Labute approximate surface area is 320 Å². The van der Waals surface area contributed by atoms with Crippen molar-refractivity contribution < 1.29 is 0 Å². The Morgan fingerprint density at radius 1 is 0.218 bits per heavy atom. The Morgan fingerprint density at radius 2 is 0.473 bits per heavy atom. The Morgan fingerprint density at radius 3 is 0.873 bits per heavy atom. The van der Waals surface area contributed by atoms with Gasteiger partial charge in [0.2, 0.25) is 0 Å². The summed E-state index contributed by atoms with van der Waals surface area (Å²) in [5.74, 6) is 3.78. The van der Waals surface area contributed by atoms with Gasteiger partial charge in [0.15, 0.2) is 34.9 Å². The van der Waals surface area contributed by atoms with E-state index in [1.54, 1.807) is 0 Å². The minimum atomic E-state index is 0.615. The van der Waals surface area contributed by atoms with Crippen molar-refractivity contribution in [1.29, 1.82) is 0 Å². The molecular formula is C49H34N6. The van der Waals surface area contributed by atoms with Gasteiger partial charge in [-0.2, -0.15) is 0 Å². The Bertz CT molecular complexity index is 2720. The number of nitrogens with zero attached hydrogens (tertiary/aromatic N) is 6. The molecule has 260 valence electrons. The fourth-order valence-electron chi connectivity index (χ4n) is 6.50. The van der Waals surface area contributed by atoms with Gasteiger partial charge in [-0.3, -0.25) is 0 Å². The van der Waals surface area contributed by atoms with Crippen LogP contribution < -0.4 is 0 Å². The molecule has 0 unspecified atom stereocenters. The summed E-state index contributed by atoms with van der Waals surface area (Å²) < 4.78 is 0. The maximum Gasteiger partial charge on any atom is 0.164 e. The molecule has 0 atom stereocenters. The van der Waals surface area contributed by atoms with Crippen LogP contribution in [0.5, 0.6) is 0 Å². The third kappa shape index (κ3) is 7.30. The Balaban J connectivity index is 1.04. The van der Waals surface area contributed by atoms with Gasteiger partial charge in [0.25, 0.3) is 0 Å². The molecule has 6 heteroatoms.